The highest BCUT2D eigenvalue weighted by molar-refractivity contribution is 7.81. The molecule has 30 heavy (non-hydrogen) atoms. The number of fused-ring (bicyclic) bond motifs is 1. The van der Waals surface area contributed by atoms with Gasteiger partial charge in [0.15, 0.2) is 5.11 Å². The number of nitrogens with zero attached hydrogens (tertiary/aromatic N) is 5. The number of rotatable bonds is 2. The van der Waals surface area contributed by atoms with Gasteiger partial charge < -0.3 is 14.6 Å². The van der Waals surface area contributed by atoms with Crippen molar-refractivity contribution in [1.82, 2.24) is 9.88 Å². The van der Waals surface area contributed by atoms with E-state index in [-0.39, 0.29) is 5.91 Å². The molecule has 7 heteroatoms. The molecule has 3 heterocycles. The van der Waals surface area contributed by atoms with Crippen LogP contribution in [0, 0.1) is 13.5 Å². The molecule has 1 saturated heterocycles. The Morgan fingerprint density at radius 3 is 2.67 bits per heavy atom. The predicted molar refractivity (Wildman–Crippen MR) is 121 cm³/mol. The summed E-state index contributed by atoms with van der Waals surface area (Å²) in [4.78, 5) is 27.3. The van der Waals surface area contributed by atoms with Crippen molar-refractivity contribution in [3.8, 4) is 0 Å². The van der Waals surface area contributed by atoms with Crippen LogP contribution >= 0.6 is 12.2 Å². The molecule has 1 aromatic heterocycles. The minimum absolute atomic E-state index is 0.0213. The Bertz CT molecular complexity index is 1120. The van der Waals surface area contributed by atoms with Gasteiger partial charge in [0.2, 0.25) is 0 Å². The smallest absolute Gasteiger partial charge is 0.272 e. The number of carbonyl (C=O) groups excluding carboxylic acids is 1. The number of amides is 1. The van der Waals surface area contributed by atoms with Crippen LogP contribution in [-0.4, -0.2) is 40.0 Å². The first kappa shape index (κ1) is 19.2. The van der Waals surface area contributed by atoms with Crippen LogP contribution < -0.4 is 9.80 Å². The summed E-state index contributed by atoms with van der Waals surface area (Å²) in [7, 11) is 2.14. The van der Waals surface area contributed by atoms with Gasteiger partial charge in [0.1, 0.15) is 11.7 Å². The van der Waals surface area contributed by atoms with E-state index < -0.39 is 5.54 Å². The normalized spacial score (nSPS) is 20.3. The van der Waals surface area contributed by atoms with E-state index in [0.29, 0.717) is 16.6 Å². The van der Waals surface area contributed by atoms with Gasteiger partial charge in [0.05, 0.1) is 5.69 Å². The summed E-state index contributed by atoms with van der Waals surface area (Å²) in [5.74, 6) is 0.374. The van der Waals surface area contributed by atoms with Gasteiger partial charge in [0.25, 0.3) is 11.7 Å². The van der Waals surface area contributed by atoms with Crippen molar-refractivity contribution in [2.24, 2.45) is 0 Å². The largest absolute Gasteiger partial charge is 0.360 e. The highest BCUT2D eigenvalue weighted by Gasteiger charge is 2.59. The molecule has 2 aliphatic heterocycles. The van der Waals surface area contributed by atoms with Crippen molar-refractivity contribution in [2.45, 2.75) is 44.7 Å². The van der Waals surface area contributed by atoms with E-state index in [1.54, 1.807) is 11.1 Å². The first-order valence-electron chi connectivity index (χ1n) is 10.3. The van der Waals surface area contributed by atoms with Crippen molar-refractivity contribution >= 4 is 40.4 Å². The monoisotopic (exact) mass is 417 g/mol. The highest BCUT2D eigenvalue weighted by Crippen LogP contribution is 2.48. The number of likely N-dealkylation sites (N-methyl/N-ethyl adjacent to an activating group) is 1. The molecule has 5 rings (SSSR count). The number of thiocarbonyl (C=S) groups is 1. The third kappa shape index (κ3) is 2.68. The molecule has 0 atom stereocenters. The van der Waals surface area contributed by atoms with Gasteiger partial charge in [-0.1, -0.05) is 12.6 Å². The van der Waals surface area contributed by atoms with Crippen molar-refractivity contribution in [3.05, 3.63) is 58.6 Å². The Kier molecular flexibility index (Phi) is 4.38. The summed E-state index contributed by atoms with van der Waals surface area (Å²) >= 11 is 5.86. The molecule has 0 bridgehead atoms. The van der Waals surface area contributed by atoms with E-state index in [2.05, 4.69) is 44.9 Å². The fourth-order valence-corrected chi connectivity index (χ4v) is 5.29. The lowest BCUT2D eigenvalue weighted by atomic mass is 9.75. The molecule has 1 aliphatic carbocycles. The van der Waals surface area contributed by atoms with Gasteiger partial charge in [-0.05, 0) is 86.8 Å². The minimum atomic E-state index is -0.594. The van der Waals surface area contributed by atoms with E-state index in [4.69, 9.17) is 18.8 Å². The van der Waals surface area contributed by atoms with Gasteiger partial charge >= 0.3 is 0 Å². The lowest BCUT2D eigenvalue weighted by Crippen LogP contribution is -2.55. The fourth-order valence-electron chi connectivity index (χ4n) is 4.82. The lowest BCUT2D eigenvalue weighted by Gasteiger charge is -2.43. The average molecular weight is 418 g/mol. The number of hydrogen-bond donors (Lipinski definition) is 0. The third-order valence-corrected chi connectivity index (χ3v) is 7.01. The van der Waals surface area contributed by atoms with Crippen LogP contribution in [0.3, 0.4) is 0 Å². The summed E-state index contributed by atoms with van der Waals surface area (Å²) < 4.78 is 0. The van der Waals surface area contributed by atoms with Crippen LogP contribution in [-0.2, 0) is 17.8 Å². The zero-order valence-electron chi connectivity index (χ0n) is 17.2. The molecule has 6 nitrogen and oxygen atoms in total. The maximum absolute atomic E-state index is 13.6. The molecule has 152 valence electrons. The van der Waals surface area contributed by atoms with Crippen LogP contribution in [0.1, 0.15) is 36.0 Å². The van der Waals surface area contributed by atoms with Gasteiger partial charge in [-0.3, -0.25) is 9.69 Å². The Morgan fingerprint density at radius 1 is 1.20 bits per heavy atom. The molecule has 1 aromatic carbocycles. The second-order valence-electron chi connectivity index (χ2n) is 8.53. The Hall–Kier alpha value is -2.82. The summed E-state index contributed by atoms with van der Waals surface area (Å²) in [5, 5.41) is 0.504. The van der Waals surface area contributed by atoms with Crippen LogP contribution in [0.2, 0.25) is 0 Å². The van der Waals surface area contributed by atoms with Gasteiger partial charge in [-0.15, -0.1) is 4.98 Å². The topological polar surface area (TPSA) is 44.0 Å². The zero-order valence-corrected chi connectivity index (χ0v) is 18.0. The van der Waals surface area contributed by atoms with E-state index in [9.17, 15) is 4.79 Å². The van der Waals surface area contributed by atoms with Crippen molar-refractivity contribution in [1.29, 1.82) is 0 Å². The van der Waals surface area contributed by atoms with Crippen molar-refractivity contribution in [3.63, 3.8) is 0 Å². The fraction of sp³-hybridized carbons (Fsp3) is 0.391. The summed E-state index contributed by atoms with van der Waals surface area (Å²) in [5.41, 5.74) is 4.48. The molecule has 2 aromatic rings. The van der Waals surface area contributed by atoms with Gasteiger partial charge in [0, 0.05) is 18.8 Å². The first-order chi connectivity index (χ1) is 14.4. The number of carbonyl (C=O) groups is 1. The van der Waals surface area contributed by atoms with E-state index in [0.717, 1.165) is 50.0 Å². The molecule has 1 spiro atoms. The molecule has 2 fully saturated rings. The number of hydrogen-bond acceptors (Lipinski definition) is 4. The zero-order chi connectivity index (χ0) is 21.0. The van der Waals surface area contributed by atoms with E-state index >= 15 is 0 Å². The number of anilines is 2. The minimum Gasteiger partial charge on any atom is -0.360 e. The predicted octanol–water partition coefficient (Wildman–Crippen LogP) is 3.99. The lowest BCUT2D eigenvalue weighted by molar-refractivity contribution is -0.123. The van der Waals surface area contributed by atoms with Gasteiger partial charge in [-0.25, -0.2) is 0 Å². The Labute approximate surface area is 181 Å². The van der Waals surface area contributed by atoms with E-state index in [1.165, 1.54) is 11.1 Å². The molecule has 0 radical (unpaired) electrons. The highest BCUT2D eigenvalue weighted by atomic mass is 32.1. The molecule has 0 N–H and O–H groups in total. The number of aromatic nitrogens is 1. The number of pyridine rings is 1. The van der Waals surface area contributed by atoms with Gasteiger partial charge in [-0.2, -0.15) is 0 Å². The molecule has 0 unspecified atom stereocenters. The molecule has 1 saturated carbocycles. The number of benzene rings is 1. The molecular formula is C23H23N5OS. The molecule has 3 aliphatic rings. The Balaban J connectivity index is 1.56. The molecular weight excluding hydrogens is 394 g/mol. The quantitative estimate of drug-likeness (QED) is 0.546. The second kappa shape index (κ2) is 6.86. The SMILES string of the molecule is [C-]#[N+]c1ncc(N2C(=O)C3(CCC3)N(c3ccc4c(c3)CCN(C)C4)C2=S)cc1C. The summed E-state index contributed by atoms with van der Waals surface area (Å²) in [6.07, 6.45) is 5.21. The van der Waals surface area contributed by atoms with Crippen LogP contribution in [0.5, 0.6) is 0 Å². The average Bonchev–Trinajstić information content (AvgIpc) is 2.94. The maximum atomic E-state index is 13.6. The maximum Gasteiger partial charge on any atom is 0.272 e. The van der Waals surface area contributed by atoms with Crippen molar-refractivity contribution in [2.75, 3.05) is 23.4 Å². The van der Waals surface area contributed by atoms with E-state index in [1.807, 2.05) is 13.0 Å². The van der Waals surface area contributed by atoms with Crippen LogP contribution in [0.25, 0.3) is 4.85 Å². The summed E-state index contributed by atoms with van der Waals surface area (Å²) in [6, 6.07) is 8.34. The second-order valence-corrected chi connectivity index (χ2v) is 8.90. The van der Waals surface area contributed by atoms with Crippen molar-refractivity contribution < 1.29 is 4.79 Å². The van der Waals surface area contributed by atoms with Crippen LogP contribution in [0.15, 0.2) is 30.5 Å². The number of aryl methyl sites for hydroxylation is 1. The summed E-state index contributed by atoms with van der Waals surface area (Å²) in [6.45, 7) is 11.1. The third-order valence-electron chi connectivity index (χ3n) is 6.64. The van der Waals surface area contributed by atoms with Crippen LogP contribution in [0.4, 0.5) is 17.2 Å². The first-order valence-corrected chi connectivity index (χ1v) is 10.7. The molecule has 1 amide bonds. The standard InChI is InChI=1S/C23H23N5OS/c1-15-11-19(13-25-20(15)24-2)27-21(29)23(8-4-9-23)28(22(27)30)18-6-5-17-14-26(3)10-7-16(17)12-18/h5-6,11-13H,4,7-10,14H2,1,3H3. The Morgan fingerprint density at radius 2 is 2.00 bits per heavy atom.